The van der Waals surface area contributed by atoms with Gasteiger partial charge in [0.25, 0.3) is 0 Å². The fourth-order valence-electron chi connectivity index (χ4n) is 2.22. The molecule has 0 aliphatic rings. The second-order valence-corrected chi connectivity index (χ2v) is 4.44. The Balaban J connectivity index is 2.02. The average Bonchev–Trinajstić information content (AvgIpc) is 3.04. The van der Waals surface area contributed by atoms with Crippen LogP contribution in [0.3, 0.4) is 0 Å². The smallest absolute Gasteiger partial charge is 0.358 e. The van der Waals surface area contributed by atoms with E-state index in [9.17, 15) is 4.79 Å². The SMILES string of the molecule is CCc1nc2ccccc2n1Cc1cc(C(=O)O)no1. The van der Waals surface area contributed by atoms with Crippen LogP contribution in [0.2, 0.25) is 0 Å². The number of carboxylic acid groups (broad SMARTS) is 1. The molecule has 6 nitrogen and oxygen atoms in total. The van der Waals surface area contributed by atoms with Gasteiger partial charge in [0.05, 0.1) is 17.6 Å². The van der Waals surface area contributed by atoms with E-state index in [4.69, 9.17) is 9.63 Å². The maximum atomic E-state index is 10.8. The van der Waals surface area contributed by atoms with Crippen molar-refractivity contribution in [2.45, 2.75) is 19.9 Å². The maximum Gasteiger partial charge on any atom is 0.358 e. The Hall–Kier alpha value is -2.63. The van der Waals surface area contributed by atoms with Crippen LogP contribution in [-0.4, -0.2) is 25.8 Å². The minimum absolute atomic E-state index is 0.0810. The van der Waals surface area contributed by atoms with Crippen LogP contribution in [0.4, 0.5) is 0 Å². The molecule has 20 heavy (non-hydrogen) atoms. The molecule has 0 radical (unpaired) electrons. The molecule has 0 unspecified atom stereocenters. The largest absolute Gasteiger partial charge is 0.476 e. The van der Waals surface area contributed by atoms with Crippen LogP contribution >= 0.6 is 0 Å². The number of aromatic nitrogens is 3. The summed E-state index contributed by atoms with van der Waals surface area (Å²) in [6.07, 6.45) is 0.786. The van der Waals surface area contributed by atoms with Gasteiger partial charge >= 0.3 is 5.97 Å². The molecule has 0 bridgehead atoms. The number of aromatic carboxylic acids is 1. The lowest BCUT2D eigenvalue weighted by Crippen LogP contribution is -2.03. The number of aryl methyl sites for hydroxylation is 1. The second kappa shape index (κ2) is 4.80. The molecule has 3 aromatic rings. The van der Waals surface area contributed by atoms with E-state index < -0.39 is 5.97 Å². The van der Waals surface area contributed by atoms with Crippen molar-refractivity contribution in [2.75, 3.05) is 0 Å². The first-order chi connectivity index (χ1) is 9.69. The van der Waals surface area contributed by atoms with E-state index in [2.05, 4.69) is 10.1 Å². The summed E-state index contributed by atoms with van der Waals surface area (Å²) in [4.78, 5) is 15.4. The molecule has 3 rings (SSSR count). The van der Waals surface area contributed by atoms with Crippen molar-refractivity contribution in [1.82, 2.24) is 14.7 Å². The predicted molar refractivity (Wildman–Crippen MR) is 71.7 cm³/mol. The van der Waals surface area contributed by atoms with Gasteiger partial charge in [0.15, 0.2) is 11.5 Å². The van der Waals surface area contributed by atoms with Gasteiger partial charge in [0, 0.05) is 12.5 Å². The molecule has 0 fully saturated rings. The lowest BCUT2D eigenvalue weighted by molar-refractivity contribution is 0.0685. The average molecular weight is 271 g/mol. The van der Waals surface area contributed by atoms with Crippen LogP contribution in [0.1, 0.15) is 29.0 Å². The fourth-order valence-corrected chi connectivity index (χ4v) is 2.22. The summed E-state index contributed by atoms with van der Waals surface area (Å²) in [7, 11) is 0. The van der Waals surface area contributed by atoms with Gasteiger partial charge in [-0.25, -0.2) is 9.78 Å². The van der Waals surface area contributed by atoms with Gasteiger partial charge in [-0.05, 0) is 12.1 Å². The summed E-state index contributed by atoms with van der Waals surface area (Å²) >= 11 is 0. The standard InChI is InChI=1S/C14H13N3O3/c1-2-13-15-10-5-3-4-6-12(10)17(13)8-9-7-11(14(18)19)16-20-9/h3-7H,2,8H2,1H3,(H,18,19). The normalized spacial score (nSPS) is 11.1. The van der Waals surface area contributed by atoms with Gasteiger partial charge in [-0.3, -0.25) is 0 Å². The lowest BCUT2D eigenvalue weighted by atomic mass is 10.3. The highest BCUT2D eigenvalue weighted by Gasteiger charge is 2.14. The molecule has 0 saturated heterocycles. The van der Waals surface area contributed by atoms with Gasteiger partial charge in [0.2, 0.25) is 0 Å². The van der Waals surface area contributed by atoms with E-state index in [1.54, 1.807) is 0 Å². The number of nitrogens with zero attached hydrogens (tertiary/aromatic N) is 3. The molecule has 0 saturated carbocycles. The number of hydrogen-bond donors (Lipinski definition) is 1. The Morgan fingerprint density at radius 1 is 1.40 bits per heavy atom. The number of carboxylic acids is 1. The molecule has 2 aromatic heterocycles. The molecule has 1 N–H and O–H groups in total. The Labute approximate surface area is 114 Å². The highest BCUT2D eigenvalue weighted by Crippen LogP contribution is 2.18. The zero-order valence-corrected chi connectivity index (χ0v) is 10.9. The van der Waals surface area contributed by atoms with Gasteiger partial charge < -0.3 is 14.2 Å². The van der Waals surface area contributed by atoms with E-state index in [0.29, 0.717) is 12.3 Å². The minimum Gasteiger partial charge on any atom is -0.476 e. The second-order valence-electron chi connectivity index (χ2n) is 4.44. The molecule has 0 spiro atoms. The van der Waals surface area contributed by atoms with Crippen molar-refractivity contribution in [3.63, 3.8) is 0 Å². The van der Waals surface area contributed by atoms with Crippen LogP contribution in [-0.2, 0) is 13.0 Å². The number of fused-ring (bicyclic) bond motifs is 1. The van der Waals surface area contributed by atoms with Crippen LogP contribution < -0.4 is 0 Å². The van der Waals surface area contributed by atoms with Crippen molar-refractivity contribution < 1.29 is 14.4 Å². The Kier molecular flexibility index (Phi) is 2.98. The first-order valence-corrected chi connectivity index (χ1v) is 6.32. The highest BCUT2D eigenvalue weighted by atomic mass is 16.5. The van der Waals surface area contributed by atoms with Crippen molar-refractivity contribution in [2.24, 2.45) is 0 Å². The van der Waals surface area contributed by atoms with Crippen molar-refractivity contribution >= 4 is 17.0 Å². The molecule has 1 aromatic carbocycles. The lowest BCUT2D eigenvalue weighted by Gasteiger charge is -2.04. The monoisotopic (exact) mass is 271 g/mol. The maximum absolute atomic E-state index is 10.8. The molecular formula is C14H13N3O3. The fraction of sp³-hybridized carbons (Fsp3) is 0.214. The summed E-state index contributed by atoms with van der Waals surface area (Å²) in [6, 6.07) is 9.26. The van der Waals surface area contributed by atoms with Crippen LogP contribution in [0, 0.1) is 0 Å². The summed E-state index contributed by atoms with van der Waals surface area (Å²) in [6.45, 7) is 2.45. The van der Waals surface area contributed by atoms with Crippen LogP contribution in [0.25, 0.3) is 11.0 Å². The minimum atomic E-state index is -1.09. The number of rotatable bonds is 4. The van der Waals surface area contributed by atoms with Crippen molar-refractivity contribution in [1.29, 1.82) is 0 Å². The zero-order valence-electron chi connectivity index (χ0n) is 10.9. The van der Waals surface area contributed by atoms with E-state index in [1.165, 1.54) is 6.07 Å². The quantitative estimate of drug-likeness (QED) is 0.787. The molecular weight excluding hydrogens is 258 g/mol. The first kappa shape index (κ1) is 12.4. The van der Waals surface area contributed by atoms with Crippen molar-refractivity contribution in [3.05, 3.63) is 47.6 Å². The highest BCUT2D eigenvalue weighted by molar-refractivity contribution is 5.85. The third-order valence-corrected chi connectivity index (χ3v) is 3.14. The summed E-state index contributed by atoms with van der Waals surface area (Å²) in [5, 5.41) is 12.4. The third-order valence-electron chi connectivity index (χ3n) is 3.14. The summed E-state index contributed by atoms with van der Waals surface area (Å²) in [5.41, 5.74) is 1.84. The van der Waals surface area contributed by atoms with Gasteiger partial charge in [-0.1, -0.05) is 24.2 Å². The number of para-hydroxylation sites is 2. The van der Waals surface area contributed by atoms with E-state index in [1.807, 2.05) is 35.8 Å². The summed E-state index contributed by atoms with van der Waals surface area (Å²) < 4.78 is 7.08. The number of hydrogen-bond acceptors (Lipinski definition) is 4. The van der Waals surface area contributed by atoms with Crippen LogP contribution in [0.15, 0.2) is 34.9 Å². The molecule has 0 atom stereocenters. The molecule has 0 aliphatic heterocycles. The Morgan fingerprint density at radius 3 is 2.90 bits per heavy atom. The first-order valence-electron chi connectivity index (χ1n) is 6.32. The number of benzene rings is 1. The van der Waals surface area contributed by atoms with E-state index in [-0.39, 0.29) is 5.69 Å². The number of imidazole rings is 1. The van der Waals surface area contributed by atoms with Gasteiger partial charge in [0.1, 0.15) is 5.82 Å². The zero-order chi connectivity index (χ0) is 14.1. The number of carbonyl (C=O) groups is 1. The Bertz CT molecular complexity index is 773. The van der Waals surface area contributed by atoms with E-state index in [0.717, 1.165) is 23.3 Å². The molecule has 6 heteroatoms. The third kappa shape index (κ3) is 2.05. The van der Waals surface area contributed by atoms with Crippen molar-refractivity contribution in [3.8, 4) is 0 Å². The predicted octanol–water partition coefficient (Wildman–Crippen LogP) is 2.33. The Morgan fingerprint density at radius 2 is 2.20 bits per heavy atom. The molecule has 102 valence electrons. The molecule has 0 aliphatic carbocycles. The molecule has 0 amide bonds. The summed E-state index contributed by atoms with van der Waals surface area (Å²) in [5.74, 6) is 0.339. The topological polar surface area (TPSA) is 81.2 Å². The molecule has 2 heterocycles. The van der Waals surface area contributed by atoms with Gasteiger partial charge in [-0.2, -0.15) is 0 Å². The van der Waals surface area contributed by atoms with Crippen LogP contribution in [0.5, 0.6) is 0 Å². The van der Waals surface area contributed by atoms with E-state index >= 15 is 0 Å². The van der Waals surface area contributed by atoms with Gasteiger partial charge in [-0.15, -0.1) is 0 Å².